The van der Waals surface area contributed by atoms with Gasteiger partial charge in [-0.25, -0.2) is 4.79 Å². The molecule has 2 atom stereocenters. The smallest absolute Gasteiger partial charge is 0.410 e. The average molecular weight is 339 g/mol. The number of piperidine rings is 1. The van der Waals surface area contributed by atoms with Crippen LogP contribution in [-0.4, -0.2) is 48.0 Å². The largest absolute Gasteiger partial charge is 0.465 e. The Morgan fingerprint density at radius 1 is 1.25 bits per heavy atom. The predicted octanol–water partition coefficient (Wildman–Crippen LogP) is 2.94. The molecule has 6 heteroatoms. The fourth-order valence-corrected chi connectivity index (χ4v) is 3.76. The highest BCUT2D eigenvalue weighted by Crippen LogP contribution is 2.43. The van der Waals surface area contributed by atoms with Gasteiger partial charge in [0, 0.05) is 18.5 Å². The minimum absolute atomic E-state index is 0.0551. The maximum atomic E-state index is 13.0. The molecule has 1 amide bonds. The van der Waals surface area contributed by atoms with Gasteiger partial charge in [0.05, 0.1) is 6.61 Å². The monoisotopic (exact) mass is 339 g/mol. The Bertz CT molecular complexity index is 506. The van der Waals surface area contributed by atoms with E-state index in [0.29, 0.717) is 19.5 Å². The van der Waals surface area contributed by atoms with E-state index in [4.69, 9.17) is 9.47 Å². The quantitative estimate of drug-likeness (QED) is 0.571. The lowest BCUT2D eigenvalue weighted by atomic mass is 9.64. The third-order valence-corrected chi connectivity index (χ3v) is 4.79. The first-order valence-electron chi connectivity index (χ1n) is 8.87. The van der Waals surface area contributed by atoms with Crippen LogP contribution in [0.3, 0.4) is 0 Å². The SMILES string of the molecule is CCOC(=O)C1CCCC2(CCCN(C(=O)OC(C)(C)C)C2)C1=O. The van der Waals surface area contributed by atoms with Crippen LogP contribution in [0.25, 0.3) is 0 Å². The summed E-state index contributed by atoms with van der Waals surface area (Å²) in [5, 5.41) is 0. The van der Waals surface area contributed by atoms with E-state index in [1.54, 1.807) is 11.8 Å². The molecule has 0 aromatic carbocycles. The summed E-state index contributed by atoms with van der Waals surface area (Å²) in [6, 6.07) is 0. The fourth-order valence-electron chi connectivity index (χ4n) is 3.76. The highest BCUT2D eigenvalue weighted by atomic mass is 16.6. The lowest BCUT2D eigenvalue weighted by Gasteiger charge is -2.45. The molecule has 1 aliphatic heterocycles. The number of ether oxygens (including phenoxy) is 2. The molecule has 2 unspecified atom stereocenters. The van der Waals surface area contributed by atoms with Gasteiger partial charge in [0.1, 0.15) is 11.5 Å². The molecule has 2 rings (SSSR count). The number of hydrogen-bond donors (Lipinski definition) is 0. The van der Waals surface area contributed by atoms with Crippen molar-refractivity contribution in [2.24, 2.45) is 11.3 Å². The Morgan fingerprint density at radius 3 is 2.54 bits per heavy atom. The first-order chi connectivity index (χ1) is 11.2. The summed E-state index contributed by atoms with van der Waals surface area (Å²) >= 11 is 0. The lowest BCUT2D eigenvalue weighted by molar-refractivity contribution is -0.158. The molecule has 2 aliphatic rings. The molecule has 0 radical (unpaired) electrons. The molecule has 0 aromatic rings. The number of carbonyl (C=O) groups excluding carboxylic acids is 3. The number of amides is 1. The summed E-state index contributed by atoms with van der Waals surface area (Å²) in [5.41, 5.74) is -1.18. The zero-order chi connectivity index (χ0) is 18.0. The number of rotatable bonds is 2. The molecule has 1 saturated carbocycles. The summed E-state index contributed by atoms with van der Waals surface area (Å²) in [4.78, 5) is 39.1. The standard InChI is InChI=1S/C18H29NO5/c1-5-23-15(21)13-8-6-9-18(14(13)20)10-7-11-19(12-18)16(22)24-17(2,3)4/h13H,5-12H2,1-4H3. The first kappa shape index (κ1) is 18.7. The van der Waals surface area contributed by atoms with Crippen LogP contribution in [0.4, 0.5) is 4.79 Å². The second-order valence-electron chi connectivity index (χ2n) is 7.85. The van der Waals surface area contributed by atoms with Crippen LogP contribution in [0.5, 0.6) is 0 Å². The molecule has 1 saturated heterocycles. The number of likely N-dealkylation sites (tertiary alicyclic amines) is 1. The Morgan fingerprint density at radius 2 is 1.92 bits per heavy atom. The van der Waals surface area contributed by atoms with Gasteiger partial charge in [-0.3, -0.25) is 9.59 Å². The molecule has 2 fully saturated rings. The molecule has 1 aliphatic carbocycles. The second-order valence-corrected chi connectivity index (χ2v) is 7.85. The van der Waals surface area contributed by atoms with E-state index >= 15 is 0 Å². The molecule has 0 aromatic heterocycles. The lowest BCUT2D eigenvalue weighted by Crippen LogP contribution is -2.54. The van der Waals surface area contributed by atoms with Crippen molar-refractivity contribution in [3.05, 3.63) is 0 Å². The van der Waals surface area contributed by atoms with Crippen molar-refractivity contribution in [1.29, 1.82) is 0 Å². The Hall–Kier alpha value is -1.59. The summed E-state index contributed by atoms with van der Waals surface area (Å²) in [7, 11) is 0. The number of carbonyl (C=O) groups is 3. The third-order valence-electron chi connectivity index (χ3n) is 4.79. The van der Waals surface area contributed by atoms with Crippen LogP contribution in [-0.2, 0) is 19.1 Å². The summed E-state index contributed by atoms with van der Waals surface area (Å²) in [6.07, 6.45) is 3.17. The van der Waals surface area contributed by atoms with Gasteiger partial charge in [-0.1, -0.05) is 6.42 Å². The molecule has 1 spiro atoms. The van der Waals surface area contributed by atoms with Crippen molar-refractivity contribution < 1.29 is 23.9 Å². The van der Waals surface area contributed by atoms with Gasteiger partial charge in [0.15, 0.2) is 5.78 Å². The number of hydrogen-bond acceptors (Lipinski definition) is 5. The van der Waals surface area contributed by atoms with Crippen LogP contribution in [0, 0.1) is 11.3 Å². The summed E-state index contributed by atoms with van der Waals surface area (Å²) in [6.45, 7) is 8.43. The van der Waals surface area contributed by atoms with Crippen molar-refractivity contribution in [1.82, 2.24) is 4.90 Å². The average Bonchev–Trinajstić information content (AvgIpc) is 2.49. The molecule has 6 nitrogen and oxygen atoms in total. The maximum absolute atomic E-state index is 13.0. The molecular weight excluding hydrogens is 310 g/mol. The van der Waals surface area contributed by atoms with E-state index in [-0.39, 0.29) is 18.5 Å². The molecule has 0 N–H and O–H groups in total. The van der Waals surface area contributed by atoms with Gasteiger partial charge >= 0.3 is 12.1 Å². The minimum Gasteiger partial charge on any atom is -0.465 e. The number of Topliss-reactive ketones (excluding diaryl/α,β-unsaturated/α-hetero) is 1. The normalized spacial score (nSPS) is 27.9. The Kier molecular flexibility index (Phi) is 5.56. The molecular formula is C18H29NO5. The summed E-state index contributed by atoms with van der Waals surface area (Å²) in [5.74, 6) is -1.16. The van der Waals surface area contributed by atoms with Gasteiger partial charge in [-0.2, -0.15) is 0 Å². The predicted molar refractivity (Wildman–Crippen MR) is 88.5 cm³/mol. The van der Waals surface area contributed by atoms with E-state index in [9.17, 15) is 14.4 Å². The third kappa shape index (κ3) is 4.08. The molecule has 0 bridgehead atoms. The zero-order valence-electron chi connectivity index (χ0n) is 15.2. The van der Waals surface area contributed by atoms with Gasteiger partial charge in [-0.05, 0) is 53.4 Å². The van der Waals surface area contributed by atoms with Crippen molar-refractivity contribution in [2.75, 3.05) is 19.7 Å². The van der Waals surface area contributed by atoms with Crippen LogP contribution in [0.2, 0.25) is 0 Å². The number of nitrogens with zero attached hydrogens (tertiary/aromatic N) is 1. The zero-order valence-corrected chi connectivity index (χ0v) is 15.2. The fraction of sp³-hybridized carbons (Fsp3) is 0.833. The van der Waals surface area contributed by atoms with Crippen molar-refractivity contribution in [2.45, 2.75) is 65.4 Å². The molecule has 136 valence electrons. The van der Waals surface area contributed by atoms with Crippen molar-refractivity contribution in [3.8, 4) is 0 Å². The second kappa shape index (κ2) is 7.11. The minimum atomic E-state index is -0.683. The van der Waals surface area contributed by atoms with E-state index in [2.05, 4.69) is 0 Å². The van der Waals surface area contributed by atoms with Gasteiger partial charge in [-0.15, -0.1) is 0 Å². The topological polar surface area (TPSA) is 72.9 Å². The molecule has 1 heterocycles. The van der Waals surface area contributed by atoms with Crippen molar-refractivity contribution in [3.63, 3.8) is 0 Å². The van der Waals surface area contributed by atoms with Crippen LogP contribution in [0.15, 0.2) is 0 Å². The van der Waals surface area contributed by atoms with Gasteiger partial charge in [0.25, 0.3) is 0 Å². The van der Waals surface area contributed by atoms with Gasteiger partial charge < -0.3 is 14.4 Å². The Labute approximate surface area is 143 Å². The van der Waals surface area contributed by atoms with E-state index in [1.165, 1.54) is 0 Å². The first-order valence-corrected chi connectivity index (χ1v) is 8.87. The molecule has 24 heavy (non-hydrogen) atoms. The van der Waals surface area contributed by atoms with E-state index < -0.39 is 22.9 Å². The highest BCUT2D eigenvalue weighted by molar-refractivity contribution is 6.02. The van der Waals surface area contributed by atoms with E-state index in [1.807, 2.05) is 20.8 Å². The highest BCUT2D eigenvalue weighted by Gasteiger charge is 2.50. The summed E-state index contributed by atoms with van der Waals surface area (Å²) < 4.78 is 10.5. The van der Waals surface area contributed by atoms with Gasteiger partial charge in [0.2, 0.25) is 0 Å². The number of esters is 1. The van der Waals surface area contributed by atoms with Crippen LogP contribution >= 0.6 is 0 Å². The maximum Gasteiger partial charge on any atom is 0.410 e. The van der Waals surface area contributed by atoms with Crippen LogP contribution < -0.4 is 0 Å². The van der Waals surface area contributed by atoms with E-state index in [0.717, 1.165) is 25.7 Å². The van der Waals surface area contributed by atoms with Crippen LogP contribution in [0.1, 0.15) is 59.8 Å². The number of ketones is 1. The van der Waals surface area contributed by atoms with Crippen molar-refractivity contribution >= 4 is 17.8 Å². The Balaban J connectivity index is 2.12.